The van der Waals surface area contributed by atoms with Crippen molar-refractivity contribution in [3.05, 3.63) is 58.6 Å². The van der Waals surface area contributed by atoms with E-state index in [4.69, 9.17) is 9.84 Å². The lowest BCUT2D eigenvalue weighted by atomic mass is 9.87. The van der Waals surface area contributed by atoms with Crippen molar-refractivity contribution >= 4 is 45.2 Å². The molecule has 194 valence electrons. The largest absolute Gasteiger partial charge is 0.479 e. The number of anilines is 2. The molecule has 1 aliphatic heterocycles. The Labute approximate surface area is 216 Å². The van der Waals surface area contributed by atoms with Crippen molar-refractivity contribution in [2.75, 3.05) is 26.0 Å². The molecule has 1 amide bonds. The molecule has 0 aliphatic carbocycles. The summed E-state index contributed by atoms with van der Waals surface area (Å²) in [6.07, 6.45) is 1.13. The number of hydrogen-bond acceptors (Lipinski definition) is 8. The van der Waals surface area contributed by atoms with Crippen molar-refractivity contribution in [3.8, 4) is 6.07 Å². The summed E-state index contributed by atoms with van der Waals surface area (Å²) < 4.78 is 7.22. The van der Waals surface area contributed by atoms with Gasteiger partial charge in [-0.2, -0.15) is 10.4 Å². The van der Waals surface area contributed by atoms with E-state index in [1.165, 1.54) is 11.1 Å². The number of carboxylic acids is 1. The number of carbonyl (C=O) groups is 2. The normalized spacial score (nSPS) is 19.2. The molecule has 2 atom stereocenters. The highest BCUT2D eigenvalue weighted by atomic mass is 16.5. The highest BCUT2D eigenvalue weighted by molar-refractivity contribution is 5.96. The van der Waals surface area contributed by atoms with Gasteiger partial charge in [0.1, 0.15) is 11.1 Å². The third-order valence-electron chi connectivity index (χ3n) is 6.74. The standard InChI is InChI=1S/C26H25N7O5/c1-32(2)24(35)18-5-3-15-13-16(4-6-17(15)30-18)29-22-21-19(8-12-28-23(21)34)33(31-22)26(10-11-27)9-7-20(25(36)37)38-14-26/h3-6,8,12-13,20H,7,9-10,14H2,1-2H3,(H,28,34)(H,29,31)(H,36,37). The van der Waals surface area contributed by atoms with Crippen LogP contribution in [0.1, 0.15) is 29.8 Å². The van der Waals surface area contributed by atoms with Gasteiger partial charge in [-0.15, -0.1) is 0 Å². The van der Waals surface area contributed by atoms with Crippen molar-refractivity contribution in [2.24, 2.45) is 0 Å². The molecule has 12 heteroatoms. The molecule has 1 aliphatic rings. The minimum absolute atomic E-state index is 0.0258. The highest BCUT2D eigenvalue weighted by Gasteiger charge is 2.42. The zero-order valence-electron chi connectivity index (χ0n) is 20.8. The summed E-state index contributed by atoms with van der Waals surface area (Å²) in [5.74, 6) is -0.965. The number of benzene rings is 1. The maximum absolute atomic E-state index is 12.9. The summed E-state index contributed by atoms with van der Waals surface area (Å²) in [6, 6.07) is 12.7. The van der Waals surface area contributed by atoms with Crippen molar-refractivity contribution in [1.82, 2.24) is 24.6 Å². The Bertz CT molecular complexity index is 1660. The van der Waals surface area contributed by atoms with Crippen LogP contribution >= 0.6 is 0 Å². The minimum atomic E-state index is -1.05. The van der Waals surface area contributed by atoms with Crippen molar-refractivity contribution < 1.29 is 19.4 Å². The van der Waals surface area contributed by atoms with Gasteiger partial charge in [-0.05, 0) is 43.2 Å². The number of hydrogen-bond donors (Lipinski definition) is 3. The van der Waals surface area contributed by atoms with Crippen LogP contribution in [0.4, 0.5) is 11.5 Å². The molecule has 1 aromatic carbocycles. The first kappa shape index (κ1) is 24.9. The van der Waals surface area contributed by atoms with E-state index in [0.29, 0.717) is 34.2 Å². The number of nitrogens with zero attached hydrogens (tertiary/aromatic N) is 5. The number of carbonyl (C=O) groups excluding carboxylic acids is 1. The maximum Gasteiger partial charge on any atom is 0.332 e. The van der Waals surface area contributed by atoms with Gasteiger partial charge >= 0.3 is 5.97 Å². The maximum atomic E-state index is 12.9. The fourth-order valence-corrected chi connectivity index (χ4v) is 4.75. The molecule has 0 spiro atoms. The molecule has 2 unspecified atom stereocenters. The minimum Gasteiger partial charge on any atom is -0.479 e. The van der Waals surface area contributed by atoms with Crippen LogP contribution < -0.4 is 10.9 Å². The van der Waals surface area contributed by atoms with Crippen LogP contribution in [0.15, 0.2) is 47.4 Å². The molecular formula is C26H25N7O5. The molecule has 12 nitrogen and oxygen atoms in total. The van der Waals surface area contributed by atoms with E-state index in [1.54, 1.807) is 49.1 Å². The van der Waals surface area contributed by atoms with E-state index >= 15 is 0 Å². The predicted molar refractivity (Wildman–Crippen MR) is 138 cm³/mol. The molecule has 5 rings (SSSR count). The molecule has 0 saturated carbocycles. The summed E-state index contributed by atoms with van der Waals surface area (Å²) >= 11 is 0. The first-order valence-corrected chi connectivity index (χ1v) is 11.9. The summed E-state index contributed by atoms with van der Waals surface area (Å²) in [5.41, 5.74) is 0.811. The molecular weight excluding hydrogens is 490 g/mol. The number of rotatable bonds is 6. The number of aromatic amines is 1. The van der Waals surface area contributed by atoms with E-state index in [2.05, 4.69) is 21.4 Å². The summed E-state index contributed by atoms with van der Waals surface area (Å²) in [4.78, 5) is 45.1. The second-order valence-corrected chi connectivity index (χ2v) is 9.49. The number of amides is 1. The van der Waals surface area contributed by atoms with Crippen LogP contribution in [-0.4, -0.2) is 68.4 Å². The Morgan fingerprint density at radius 1 is 1.32 bits per heavy atom. The van der Waals surface area contributed by atoms with E-state index in [9.17, 15) is 24.8 Å². The fourth-order valence-electron chi connectivity index (χ4n) is 4.75. The van der Waals surface area contributed by atoms with Gasteiger partial charge in [-0.1, -0.05) is 6.07 Å². The average molecular weight is 516 g/mol. The third kappa shape index (κ3) is 4.33. The second kappa shape index (κ2) is 9.60. The number of pyridine rings is 2. The topological polar surface area (TPSA) is 166 Å². The lowest BCUT2D eigenvalue weighted by Crippen LogP contribution is -2.46. The van der Waals surface area contributed by atoms with Crippen LogP contribution in [0.5, 0.6) is 0 Å². The Morgan fingerprint density at radius 2 is 2.13 bits per heavy atom. The zero-order valence-corrected chi connectivity index (χ0v) is 20.8. The first-order valence-electron chi connectivity index (χ1n) is 11.9. The van der Waals surface area contributed by atoms with Crippen LogP contribution in [0.25, 0.3) is 21.8 Å². The Morgan fingerprint density at radius 3 is 2.82 bits per heavy atom. The Kier molecular flexibility index (Phi) is 6.30. The highest BCUT2D eigenvalue weighted by Crippen LogP contribution is 2.37. The van der Waals surface area contributed by atoms with Crippen molar-refractivity contribution in [2.45, 2.75) is 30.9 Å². The monoisotopic (exact) mass is 515 g/mol. The zero-order chi connectivity index (χ0) is 27.0. The van der Waals surface area contributed by atoms with Crippen LogP contribution in [0.2, 0.25) is 0 Å². The molecule has 0 bridgehead atoms. The Balaban J connectivity index is 1.54. The summed E-state index contributed by atoms with van der Waals surface area (Å²) in [6.45, 7) is -0.0316. The molecule has 38 heavy (non-hydrogen) atoms. The van der Waals surface area contributed by atoms with E-state index in [1.807, 2.05) is 6.07 Å². The summed E-state index contributed by atoms with van der Waals surface area (Å²) in [7, 11) is 3.33. The number of fused-ring (bicyclic) bond motifs is 2. The average Bonchev–Trinajstić information content (AvgIpc) is 3.28. The number of ether oxygens (including phenoxy) is 1. The number of aliphatic carboxylic acids is 1. The van der Waals surface area contributed by atoms with E-state index in [-0.39, 0.29) is 36.7 Å². The number of H-pyrrole nitrogens is 1. The quantitative estimate of drug-likeness (QED) is 0.350. The van der Waals surface area contributed by atoms with Gasteiger partial charge in [0, 0.05) is 31.4 Å². The van der Waals surface area contributed by atoms with Crippen LogP contribution in [-0.2, 0) is 15.1 Å². The molecule has 4 heterocycles. The summed E-state index contributed by atoms with van der Waals surface area (Å²) in [5, 5.41) is 27.9. The molecule has 3 aromatic heterocycles. The van der Waals surface area contributed by atoms with Gasteiger partial charge in [0.2, 0.25) is 0 Å². The van der Waals surface area contributed by atoms with E-state index < -0.39 is 17.6 Å². The molecule has 4 aromatic rings. The van der Waals surface area contributed by atoms with Gasteiger partial charge in [-0.3, -0.25) is 14.3 Å². The van der Waals surface area contributed by atoms with Gasteiger partial charge in [0.15, 0.2) is 11.9 Å². The number of carboxylic acid groups (broad SMARTS) is 1. The van der Waals surface area contributed by atoms with Gasteiger partial charge in [0.05, 0.1) is 35.7 Å². The molecule has 1 saturated heterocycles. The van der Waals surface area contributed by atoms with Crippen molar-refractivity contribution in [3.63, 3.8) is 0 Å². The molecule has 3 N–H and O–H groups in total. The van der Waals surface area contributed by atoms with Gasteiger partial charge in [-0.25, -0.2) is 9.78 Å². The van der Waals surface area contributed by atoms with Crippen LogP contribution in [0, 0.1) is 11.3 Å². The third-order valence-corrected chi connectivity index (χ3v) is 6.74. The number of nitriles is 1. The van der Waals surface area contributed by atoms with Crippen molar-refractivity contribution in [1.29, 1.82) is 5.26 Å². The predicted octanol–water partition coefficient (Wildman–Crippen LogP) is 2.59. The second-order valence-electron chi connectivity index (χ2n) is 9.49. The van der Waals surface area contributed by atoms with E-state index in [0.717, 1.165) is 5.39 Å². The van der Waals surface area contributed by atoms with Gasteiger partial charge in [0.25, 0.3) is 11.5 Å². The number of aromatic nitrogens is 4. The number of nitrogens with one attached hydrogen (secondary N) is 2. The first-order chi connectivity index (χ1) is 18.2. The SMILES string of the molecule is CN(C)C(=O)c1ccc2cc(Nc3nn(C4(CC#N)CCC(C(=O)O)OC4)c4cc[nH]c(=O)c34)ccc2n1. The van der Waals surface area contributed by atoms with Gasteiger partial charge < -0.3 is 25.0 Å². The van der Waals surface area contributed by atoms with Crippen LogP contribution in [0.3, 0.4) is 0 Å². The molecule has 0 radical (unpaired) electrons. The Hall–Kier alpha value is -4.76. The fraction of sp³-hybridized carbons (Fsp3) is 0.308. The lowest BCUT2D eigenvalue weighted by Gasteiger charge is -2.38. The smallest absolute Gasteiger partial charge is 0.332 e. The molecule has 1 fully saturated rings. The lowest BCUT2D eigenvalue weighted by molar-refractivity contribution is -0.158.